The van der Waals surface area contributed by atoms with E-state index in [-0.39, 0.29) is 5.91 Å². The molecule has 6 nitrogen and oxygen atoms in total. The third kappa shape index (κ3) is 5.67. The largest absolute Gasteiger partial charge is 0.397 e. The Kier molecular flexibility index (Phi) is 6.78. The SMILES string of the molecule is Cc1ccc(-c2noc(CCCCCCC(=O)Nc3ccccc3N)n2)cc1. The third-order valence-corrected chi connectivity index (χ3v) is 4.56. The molecule has 28 heavy (non-hydrogen) atoms. The summed E-state index contributed by atoms with van der Waals surface area (Å²) in [5, 5.41) is 6.90. The number of hydrogen-bond acceptors (Lipinski definition) is 5. The van der Waals surface area contributed by atoms with Crippen LogP contribution in [0.2, 0.25) is 0 Å². The van der Waals surface area contributed by atoms with E-state index in [0.717, 1.165) is 37.7 Å². The Morgan fingerprint density at radius 3 is 2.57 bits per heavy atom. The molecule has 1 amide bonds. The number of aryl methyl sites for hydroxylation is 2. The molecule has 0 unspecified atom stereocenters. The van der Waals surface area contributed by atoms with Crippen LogP contribution in [0.5, 0.6) is 0 Å². The second-order valence-corrected chi connectivity index (χ2v) is 6.93. The average Bonchev–Trinajstić information content (AvgIpc) is 3.16. The molecule has 0 bridgehead atoms. The number of unbranched alkanes of at least 4 members (excludes halogenated alkanes) is 3. The molecule has 0 saturated carbocycles. The molecule has 2 aromatic carbocycles. The minimum absolute atomic E-state index is 0.00228. The Bertz CT molecular complexity index is 903. The van der Waals surface area contributed by atoms with Crippen molar-refractivity contribution >= 4 is 17.3 Å². The quantitative estimate of drug-likeness (QED) is 0.413. The van der Waals surface area contributed by atoms with Crippen LogP contribution in [-0.4, -0.2) is 16.0 Å². The predicted octanol–water partition coefficient (Wildman–Crippen LogP) is 4.76. The van der Waals surface area contributed by atoms with Crippen LogP contribution < -0.4 is 11.1 Å². The topological polar surface area (TPSA) is 94.0 Å². The van der Waals surface area contributed by atoms with Gasteiger partial charge in [-0.3, -0.25) is 4.79 Å². The first-order valence-electron chi connectivity index (χ1n) is 9.66. The normalized spacial score (nSPS) is 10.8. The van der Waals surface area contributed by atoms with Crippen molar-refractivity contribution in [1.29, 1.82) is 0 Å². The van der Waals surface area contributed by atoms with E-state index in [1.54, 1.807) is 6.07 Å². The molecule has 146 valence electrons. The maximum absolute atomic E-state index is 12.0. The molecule has 0 saturated heterocycles. The van der Waals surface area contributed by atoms with E-state index in [1.807, 2.05) is 49.4 Å². The van der Waals surface area contributed by atoms with E-state index in [0.29, 0.717) is 29.5 Å². The lowest BCUT2D eigenvalue weighted by atomic mass is 10.1. The summed E-state index contributed by atoms with van der Waals surface area (Å²) in [5.74, 6) is 1.29. The first-order valence-corrected chi connectivity index (χ1v) is 9.66. The minimum Gasteiger partial charge on any atom is -0.397 e. The van der Waals surface area contributed by atoms with Gasteiger partial charge in [0, 0.05) is 18.4 Å². The van der Waals surface area contributed by atoms with Crippen LogP contribution in [0.4, 0.5) is 11.4 Å². The number of nitrogens with zero attached hydrogens (tertiary/aromatic N) is 2. The van der Waals surface area contributed by atoms with E-state index in [9.17, 15) is 4.79 Å². The monoisotopic (exact) mass is 378 g/mol. The Morgan fingerprint density at radius 2 is 1.79 bits per heavy atom. The zero-order valence-corrected chi connectivity index (χ0v) is 16.1. The van der Waals surface area contributed by atoms with Crippen LogP contribution in [0.1, 0.15) is 43.6 Å². The highest BCUT2D eigenvalue weighted by Gasteiger charge is 2.08. The fraction of sp³-hybridized carbons (Fsp3) is 0.318. The van der Waals surface area contributed by atoms with Crippen LogP contribution in [0.15, 0.2) is 53.1 Å². The van der Waals surface area contributed by atoms with E-state index >= 15 is 0 Å². The van der Waals surface area contributed by atoms with Crippen molar-refractivity contribution in [3.8, 4) is 11.4 Å². The van der Waals surface area contributed by atoms with Crippen molar-refractivity contribution in [2.75, 3.05) is 11.1 Å². The molecule has 3 aromatic rings. The highest BCUT2D eigenvalue weighted by Crippen LogP contribution is 2.18. The van der Waals surface area contributed by atoms with Crippen molar-refractivity contribution in [3.63, 3.8) is 0 Å². The standard InChI is InChI=1S/C22H26N4O2/c1-16-12-14-17(15-13-16)22-25-21(28-26-22)11-5-3-2-4-10-20(27)24-19-9-7-6-8-18(19)23/h6-9,12-15H,2-5,10-11,23H2,1H3,(H,24,27). The van der Waals surface area contributed by atoms with Gasteiger partial charge in [0.05, 0.1) is 11.4 Å². The van der Waals surface area contributed by atoms with Crippen molar-refractivity contribution < 1.29 is 9.32 Å². The number of anilines is 2. The highest BCUT2D eigenvalue weighted by molar-refractivity contribution is 5.93. The van der Waals surface area contributed by atoms with Crippen molar-refractivity contribution in [2.45, 2.75) is 45.4 Å². The lowest BCUT2D eigenvalue weighted by Crippen LogP contribution is -2.12. The number of para-hydroxylation sites is 2. The summed E-state index contributed by atoms with van der Waals surface area (Å²) >= 11 is 0. The van der Waals surface area contributed by atoms with Gasteiger partial charge in [-0.15, -0.1) is 0 Å². The molecule has 0 radical (unpaired) electrons. The van der Waals surface area contributed by atoms with E-state index < -0.39 is 0 Å². The Labute approximate surface area is 165 Å². The number of aromatic nitrogens is 2. The Morgan fingerprint density at radius 1 is 1.04 bits per heavy atom. The first-order chi connectivity index (χ1) is 13.6. The maximum atomic E-state index is 12.0. The van der Waals surface area contributed by atoms with Gasteiger partial charge in [0.25, 0.3) is 0 Å². The van der Waals surface area contributed by atoms with Gasteiger partial charge in [0.15, 0.2) is 0 Å². The summed E-state index contributed by atoms with van der Waals surface area (Å²) in [4.78, 5) is 16.4. The van der Waals surface area contributed by atoms with Gasteiger partial charge in [0.2, 0.25) is 17.6 Å². The van der Waals surface area contributed by atoms with Crippen molar-refractivity contribution in [2.24, 2.45) is 0 Å². The summed E-state index contributed by atoms with van der Waals surface area (Å²) < 4.78 is 5.33. The molecule has 0 aliphatic carbocycles. The minimum atomic E-state index is -0.00228. The Hall–Kier alpha value is -3.15. The second-order valence-electron chi connectivity index (χ2n) is 6.93. The predicted molar refractivity (Wildman–Crippen MR) is 111 cm³/mol. The van der Waals surface area contributed by atoms with E-state index in [2.05, 4.69) is 15.5 Å². The molecular formula is C22H26N4O2. The lowest BCUT2D eigenvalue weighted by Gasteiger charge is -2.07. The molecule has 0 aliphatic heterocycles. The molecule has 3 rings (SSSR count). The molecule has 1 heterocycles. The summed E-state index contributed by atoms with van der Waals surface area (Å²) in [7, 11) is 0. The third-order valence-electron chi connectivity index (χ3n) is 4.56. The molecule has 0 atom stereocenters. The fourth-order valence-corrected chi connectivity index (χ4v) is 2.92. The van der Waals surface area contributed by atoms with Crippen LogP contribution in [-0.2, 0) is 11.2 Å². The average molecular weight is 378 g/mol. The second kappa shape index (κ2) is 9.69. The fourth-order valence-electron chi connectivity index (χ4n) is 2.92. The Balaban J connectivity index is 1.32. The summed E-state index contributed by atoms with van der Waals surface area (Å²) in [6.07, 6.45) is 5.05. The number of hydrogen-bond donors (Lipinski definition) is 2. The number of nitrogen functional groups attached to an aromatic ring is 1. The van der Waals surface area contributed by atoms with Crippen LogP contribution in [0, 0.1) is 6.92 Å². The molecule has 0 aliphatic rings. The number of benzene rings is 2. The van der Waals surface area contributed by atoms with Crippen molar-refractivity contribution in [3.05, 3.63) is 60.0 Å². The van der Waals surface area contributed by atoms with Gasteiger partial charge < -0.3 is 15.6 Å². The van der Waals surface area contributed by atoms with Gasteiger partial charge >= 0.3 is 0 Å². The summed E-state index contributed by atoms with van der Waals surface area (Å²) in [5.41, 5.74) is 9.25. The number of nitrogens with one attached hydrogen (secondary N) is 1. The zero-order chi connectivity index (χ0) is 19.8. The smallest absolute Gasteiger partial charge is 0.226 e. The molecular weight excluding hydrogens is 352 g/mol. The van der Waals surface area contributed by atoms with Gasteiger partial charge in [-0.2, -0.15) is 4.98 Å². The first kappa shape index (κ1) is 19.6. The number of carbonyl (C=O) groups is 1. The maximum Gasteiger partial charge on any atom is 0.226 e. The van der Waals surface area contributed by atoms with Gasteiger partial charge in [-0.25, -0.2) is 0 Å². The van der Waals surface area contributed by atoms with Gasteiger partial charge in [-0.1, -0.05) is 60.0 Å². The number of carbonyl (C=O) groups excluding carboxylic acids is 1. The zero-order valence-electron chi connectivity index (χ0n) is 16.1. The number of nitrogens with two attached hydrogens (primary N) is 1. The summed E-state index contributed by atoms with van der Waals surface area (Å²) in [6.45, 7) is 2.05. The van der Waals surface area contributed by atoms with Crippen molar-refractivity contribution in [1.82, 2.24) is 10.1 Å². The lowest BCUT2D eigenvalue weighted by molar-refractivity contribution is -0.116. The number of rotatable bonds is 9. The van der Waals surface area contributed by atoms with Crippen LogP contribution in [0.3, 0.4) is 0 Å². The molecule has 0 fully saturated rings. The van der Waals surface area contributed by atoms with Crippen LogP contribution in [0.25, 0.3) is 11.4 Å². The van der Waals surface area contributed by atoms with Gasteiger partial charge in [-0.05, 0) is 31.9 Å². The highest BCUT2D eigenvalue weighted by atomic mass is 16.5. The van der Waals surface area contributed by atoms with E-state index in [1.165, 1.54) is 5.56 Å². The number of amides is 1. The summed E-state index contributed by atoms with van der Waals surface area (Å²) in [6, 6.07) is 15.4. The molecule has 1 aromatic heterocycles. The molecule has 0 spiro atoms. The van der Waals surface area contributed by atoms with Crippen LogP contribution >= 0.6 is 0 Å². The van der Waals surface area contributed by atoms with Gasteiger partial charge in [0.1, 0.15) is 0 Å². The molecule has 6 heteroatoms. The molecule has 3 N–H and O–H groups in total. The van der Waals surface area contributed by atoms with E-state index in [4.69, 9.17) is 10.3 Å².